The van der Waals surface area contributed by atoms with Crippen molar-refractivity contribution in [1.82, 2.24) is 24.6 Å². The van der Waals surface area contributed by atoms with Crippen LogP contribution in [-0.2, 0) is 6.54 Å². The van der Waals surface area contributed by atoms with E-state index in [1.165, 1.54) is 0 Å². The van der Waals surface area contributed by atoms with Crippen LogP contribution in [0.3, 0.4) is 0 Å². The predicted molar refractivity (Wildman–Crippen MR) is 97.0 cm³/mol. The van der Waals surface area contributed by atoms with Crippen molar-refractivity contribution in [2.75, 3.05) is 6.54 Å². The quantitative estimate of drug-likeness (QED) is 0.913. The zero-order valence-corrected chi connectivity index (χ0v) is 15.5. The molecule has 0 radical (unpaired) electrons. The van der Waals surface area contributed by atoms with Crippen LogP contribution in [-0.4, -0.2) is 37.1 Å². The molecule has 1 fully saturated rings. The average molecular weight is 355 g/mol. The van der Waals surface area contributed by atoms with Crippen LogP contribution in [0.1, 0.15) is 72.8 Å². The summed E-state index contributed by atoms with van der Waals surface area (Å²) in [7, 11) is 0. The van der Waals surface area contributed by atoms with Crippen LogP contribution < -0.4 is 5.56 Å². The van der Waals surface area contributed by atoms with Crippen molar-refractivity contribution in [2.45, 2.75) is 58.5 Å². The number of carbonyl (C=O) groups excluding carboxylic acids is 1. The predicted octanol–water partition coefficient (Wildman–Crippen LogP) is 2.40. The molecule has 1 saturated carbocycles. The fraction of sp³-hybridized carbons (Fsp3) is 0.579. The molecular formula is C19H25N5O2. The second-order valence-corrected chi connectivity index (χ2v) is 7.85. The normalized spacial score (nSPS) is 19.7. The summed E-state index contributed by atoms with van der Waals surface area (Å²) >= 11 is 0. The lowest BCUT2D eigenvalue weighted by atomic mass is 9.99. The van der Waals surface area contributed by atoms with Gasteiger partial charge in [0.25, 0.3) is 11.5 Å². The van der Waals surface area contributed by atoms with Gasteiger partial charge < -0.3 is 9.88 Å². The number of pyridine rings is 1. The summed E-state index contributed by atoms with van der Waals surface area (Å²) in [5, 5.41) is 4.67. The number of aromatic amines is 1. The number of hydrogen-bond donors (Lipinski definition) is 1. The lowest BCUT2D eigenvalue weighted by molar-refractivity contribution is 0.0576. The number of nitrogens with zero attached hydrogens (tertiary/aromatic N) is 4. The highest BCUT2D eigenvalue weighted by atomic mass is 16.2. The van der Waals surface area contributed by atoms with E-state index in [2.05, 4.69) is 23.9 Å². The molecule has 1 amide bonds. The lowest BCUT2D eigenvalue weighted by Gasteiger charge is -2.36. The Morgan fingerprint density at radius 1 is 1.31 bits per heavy atom. The van der Waals surface area contributed by atoms with Crippen molar-refractivity contribution in [3.05, 3.63) is 45.4 Å². The number of carbonyl (C=O) groups is 1. The largest absolute Gasteiger partial charge is 0.326 e. The van der Waals surface area contributed by atoms with Crippen molar-refractivity contribution in [3.8, 4) is 0 Å². The van der Waals surface area contributed by atoms with Gasteiger partial charge in [0, 0.05) is 18.2 Å². The molecule has 1 atom stereocenters. The summed E-state index contributed by atoms with van der Waals surface area (Å²) in [4.78, 5) is 34.7. The number of fused-ring (bicyclic) bond motifs is 1. The molecule has 26 heavy (non-hydrogen) atoms. The molecule has 0 bridgehead atoms. The fourth-order valence-electron chi connectivity index (χ4n) is 3.61. The minimum absolute atomic E-state index is 0.142. The van der Waals surface area contributed by atoms with E-state index < -0.39 is 0 Å². The van der Waals surface area contributed by atoms with Crippen LogP contribution >= 0.6 is 0 Å². The first-order valence-electron chi connectivity index (χ1n) is 9.39. The molecule has 138 valence electrons. The second kappa shape index (κ2) is 6.37. The second-order valence-electron chi connectivity index (χ2n) is 7.85. The first-order chi connectivity index (χ1) is 12.4. The van der Waals surface area contributed by atoms with E-state index in [1.807, 2.05) is 4.68 Å². The fourth-order valence-corrected chi connectivity index (χ4v) is 3.61. The first-order valence-corrected chi connectivity index (χ1v) is 9.39. The highest BCUT2D eigenvalue weighted by Gasteiger charge is 2.37. The Morgan fingerprint density at radius 2 is 2.08 bits per heavy atom. The SMILES string of the molecule is Cc1ccc(C(=O)N2CCn3nc(C4CC4)nc3[C@@H]2CC(C)C)c(=O)[nH]1. The van der Waals surface area contributed by atoms with Gasteiger partial charge in [-0.1, -0.05) is 13.8 Å². The maximum Gasteiger partial charge on any atom is 0.260 e. The zero-order valence-electron chi connectivity index (χ0n) is 15.5. The summed E-state index contributed by atoms with van der Waals surface area (Å²) in [5.41, 5.74) is 0.612. The Balaban J connectivity index is 1.69. The van der Waals surface area contributed by atoms with Gasteiger partial charge in [-0.2, -0.15) is 5.10 Å². The third-order valence-corrected chi connectivity index (χ3v) is 5.13. The van der Waals surface area contributed by atoms with Crippen molar-refractivity contribution >= 4 is 5.91 Å². The monoisotopic (exact) mass is 355 g/mol. The van der Waals surface area contributed by atoms with Crippen molar-refractivity contribution in [2.24, 2.45) is 5.92 Å². The Hall–Kier alpha value is -2.44. The topological polar surface area (TPSA) is 83.9 Å². The molecule has 0 aromatic carbocycles. The Morgan fingerprint density at radius 3 is 2.73 bits per heavy atom. The van der Waals surface area contributed by atoms with Crippen LogP contribution in [0.2, 0.25) is 0 Å². The summed E-state index contributed by atoms with van der Waals surface area (Å²) < 4.78 is 1.96. The number of aryl methyl sites for hydroxylation is 1. The highest BCUT2D eigenvalue weighted by Crippen LogP contribution is 2.40. The minimum Gasteiger partial charge on any atom is -0.326 e. The lowest BCUT2D eigenvalue weighted by Crippen LogP contribution is -2.44. The van der Waals surface area contributed by atoms with Gasteiger partial charge in [-0.05, 0) is 44.2 Å². The van der Waals surface area contributed by atoms with Crippen molar-refractivity contribution in [1.29, 1.82) is 0 Å². The van der Waals surface area contributed by atoms with E-state index in [9.17, 15) is 9.59 Å². The van der Waals surface area contributed by atoms with Gasteiger partial charge in [-0.3, -0.25) is 9.59 Å². The number of aromatic nitrogens is 4. The maximum absolute atomic E-state index is 13.1. The number of amides is 1. The van der Waals surface area contributed by atoms with Crippen LogP contribution in [0, 0.1) is 12.8 Å². The van der Waals surface area contributed by atoms with Crippen LogP contribution in [0.25, 0.3) is 0 Å². The molecule has 7 heteroatoms. The molecule has 1 aliphatic carbocycles. The van der Waals surface area contributed by atoms with Crippen molar-refractivity contribution in [3.63, 3.8) is 0 Å². The molecule has 2 aliphatic rings. The standard InChI is InChI=1S/C19H25N5O2/c1-11(2)10-15-17-21-16(13-5-6-13)22-24(17)9-8-23(15)19(26)14-7-4-12(3)20-18(14)25/h4,7,11,13,15H,5-6,8-10H2,1-3H3,(H,20,25)/t15-/m0/s1. The Labute approximate surface area is 152 Å². The summed E-state index contributed by atoms with van der Waals surface area (Å²) in [6, 6.07) is 3.25. The van der Waals surface area contributed by atoms with Crippen LogP contribution in [0.4, 0.5) is 0 Å². The Bertz CT molecular complexity index is 894. The molecule has 3 heterocycles. The molecule has 2 aromatic rings. The average Bonchev–Trinajstić information content (AvgIpc) is 3.33. The van der Waals surface area contributed by atoms with Crippen molar-refractivity contribution < 1.29 is 4.79 Å². The van der Waals surface area contributed by atoms with Gasteiger partial charge in [0.1, 0.15) is 11.4 Å². The van der Waals surface area contributed by atoms with Gasteiger partial charge in [-0.25, -0.2) is 9.67 Å². The maximum atomic E-state index is 13.1. The van der Waals surface area contributed by atoms with E-state index in [-0.39, 0.29) is 23.1 Å². The van der Waals surface area contributed by atoms with E-state index in [0.29, 0.717) is 24.9 Å². The van der Waals surface area contributed by atoms with Crippen LogP contribution in [0.5, 0.6) is 0 Å². The molecule has 7 nitrogen and oxygen atoms in total. The molecule has 0 unspecified atom stereocenters. The summed E-state index contributed by atoms with van der Waals surface area (Å²) in [6.45, 7) is 7.25. The number of H-pyrrole nitrogens is 1. The third kappa shape index (κ3) is 3.06. The number of rotatable bonds is 4. The zero-order chi connectivity index (χ0) is 18.4. The van der Waals surface area contributed by atoms with Gasteiger partial charge >= 0.3 is 0 Å². The molecule has 1 aliphatic heterocycles. The van der Waals surface area contributed by atoms with Gasteiger partial charge in [0.05, 0.1) is 12.6 Å². The van der Waals surface area contributed by atoms with E-state index in [0.717, 1.165) is 36.6 Å². The van der Waals surface area contributed by atoms with E-state index in [1.54, 1.807) is 24.0 Å². The molecule has 0 saturated heterocycles. The molecule has 2 aromatic heterocycles. The molecule has 0 spiro atoms. The first kappa shape index (κ1) is 17.0. The smallest absolute Gasteiger partial charge is 0.260 e. The van der Waals surface area contributed by atoms with Gasteiger partial charge in [0.15, 0.2) is 5.82 Å². The molecule has 4 rings (SSSR count). The van der Waals surface area contributed by atoms with Gasteiger partial charge in [-0.15, -0.1) is 0 Å². The third-order valence-electron chi connectivity index (χ3n) is 5.13. The number of hydrogen-bond acceptors (Lipinski definition) is 4. The van der Waals surface area contributed by atoms with Crippen LogP contribution in [0.15, 0.2) is 16.9 Å². The molecular weight excluding hydrogens is 330 g/mol. The van der Waals surface area contributed by atoms with Gasteiger partial charge in [0.2, 0.25) is 0 Å². The summed E-state index contributed by atoms with van der Waals surface area (Å²) in [6.07, 6.45) is 3.11. The molecule has 1 N–H and O–H groups in total. The van der Waals surface area contributed by atoms with E-state index in [4.69, 9.17) is 4.98 Å². The minimum atomic E-state index is -0.330. The Kier molecular flexibility index (Phi) is 4.17. The summed E-state index contributed by atoms with van der Waals surface area (Å²) in [5.74, 6) is 2.44. The van der Waals surface area contributed by atoms with E-state index >= 15 is 0 Å². The highest BCUT2D eigenvalue weighted by molar-refractivity contribution is 5.94. The number of nitrogens with one attached hydrogen (secondary N) is 1.